The van der Waals surface area contributed by atoms with Crippen molar-refractivity contribution in [2.75, 3.05) is 0 Å². The van der Waals surface area contributed by atoms with E-state index in [-0.39, 0.29) is 0 Å². The van der Waals surface area contributed by atoms with Crippen molar-refractivity contribution >= 4 is 6.29 Å². The van der Waals surface area contributed by atoms with Crippen LogP contribution in [0.4, 0.5) is 0 Å². The molecule has 0 aliphatic heterocycles. The first-order chi connectivity index (χ1) is 14.7. The van der Waals surface area contributed by atoms with Crippen LogP contribution in [-0.2, 0) is 13.2 Å². The fourth-order valence-electron chi connectivity index (χ4n) is 2.86. The SMILES string of the molecule is Cc1oc(-c2ccccc2)nc1COc1ccc(COc2ncccc2C=O)cc1. The van der Waals surface area contributed by atoms with Crippen LogP contribution in [0.3, 0.4) is 0 Å². The van der Waals surface area contributed by atoms with Crippen molar-refractivity contribution in [1.29, 1.82) is 0 Å². The van der Waals surface area contributed by atoms with Gasteiger partial charge in [-0.15, -0.1) is 0 Å². The third-order valence-corrected chi connectivity index (χ3v) is 4.52. The highest BCUT2D eigenvalue weighted by atomic mass is 16.5. The zero-order chi connectivity index (χ0) is 20.8. The third-order valence-electron chi connectivity index (χ3n) is 4.52. The quantitative estimate of drug-likeness (QED) is 0.387. The Morgan fingerprint density at radius 2 is 1.73 bits per heavy atom. The largest absolute Gasteiger partial charge is 0.487 e. The molecule has 0 N–H and O–H groups in total. The topological polar surface area (TPSA) is 74.5 Å². The van der Waals surface area contributed by atoms with E-state index in [2.05, 4.69) is 9.97 Å². The van der Waals surface area contributed by atoms with Crippen molar-refractivity contribution < 1.29 is 18.7 Å². The van der Waals surface area contributed by atoms with Crippen LogP contribution in [0.1, 0.15) is 27.4 Å². The molecule has 0 bridgehead atoms. The average molecular weight is 400 g/mol. The Hall–Kier alpha value is -3.93. The summed E-state index contributed by atoms with van der Waals surface area (Å²) >= 11 is 0. The van der Waals surface area contributed by atoms with Crippen LogP contribution in [-0.4, -0.2) is 16.3 Å². The smallest absolute Gasteiger partial charge is 0.226 e. The Kier molecular flexibility index (Phi) is 5.85. The van der Waals surface area contributed by atoms with Crippen LogP contribution in [0.15, 0.2) is 77.3 Å². The summed E-state index contributed by atoms with van der Waals surface area (Å²) in [6.45, 7) is 2.50. The maximum absolute atomic E-state index is 11.0. The standard InChI is InChI=1S/C24H20N2O4/c1-17-22(26-24(30-17)19-6-3-2-4-7-19)16-28-21-11-9-18(10-12-21)15-29-23-20(14-27)8-5-13-25-23/h2-14H,15-16H2,1H3. The summed E-state index contributed by atoms with van der Waals surface area (Å²) in [6.07, 6.45) is 2.32. The van der Waals surface area contributed by atoms with Crippen molar-refractivity contribution in [2.24, 2.45) is 0 Å². The number of hydrogen-bond donors (Lipinski definition) is 0. The number of carbonyl (C=O) groups excluding carboxylic acids is 1. The van der Waals surface area contributed by atoms with Crippen LogP contribution in [0, 0.1) is 6.92 Å². The van der Waals surface area contributed by atoms with Gasteiger partial charge in [0.05, 0.1) is 5.56 Å². The molecule has 2 aromatic carbocycles. The Balaban J connectivity index is 1.35. The molecular weight excluding hydrogens is 380 g/mol. The highest BCUT2D eigenvalue weighted by Gasteiger charge is 2.12. The lowest BCUT2D eigenvalue weighted by molar-refractivity contribution is 0.111. The van der Waals surface area contributed by atoms with Gasteiger partial charge in [0, 0.05) is 11.8 Å². The fourth-order valence-corrected chi connectivity index (χ4v) is 2.86. The number of oxazole rings is 1. The van der Waals surface area contributed by atoms with E-state index in [1.165, 1.54) is 0 Å². The van der Waals surface area contributed by atoms with Crippen molar-refractivity contribution in [3.63, 3.8) is 0 Å². The van der Waals surface area contributed by atoms with E-state index >= 15 is 0 Å². The van der Waals surface area contributed by atoms with Gasteiger partial charge in [0.1, 0.15) is 30.4 Å². The number of aryl methyl sites for hydroxylation is 1. The fraction of sp³-hybridized carbons (Fsp3) is 0.125. The lowest BCUT2D eigenvalue weighted by Crippen LogP contribution is -2.01. The summed E-state index contributed by atoms with van der Waals surface area (Å²) in [6, 6.07) is 20.7. The Morgan fingerprint density at radius 3 is 2.50 bits per heavy atom. The zero-order valence-electron chi connectivity index (χ0n) is 16.4. The Morgan fingerprint density at radius 1 is 0.933 bits per heavy atom. The third kappa shape index (κ3) is 4.55. The van der Waals surface area contributed by atoms with E-state index < -0.39 is 0 Å². The van der Waals surface area contributed by atoms with E-state index in [0.29, 0.717) is 36.3 Å². The van der Waals surface area contributed by atoms with Crippen LogP contribution in [0.25, 0.3) is 11.5 Å². The number of carbonyl (C=O) groups is 1. The van der Waals surface area contributed by atoms with Crippen molar-refractivity contribution in [2.45, 2.75) is 20.1 Å². The van der Waals surface area contributed by atoms with Gasteiger partial charge in [-0.2, -0.15) is 0 Å². The second-order valence-electron chi connectivity index (χ2n) is 6.62. The van der Waals surface area contributed by atoms with Gasteiger partial charge < -0.3 is 13.9 Å². The molecular formula is C24H20N2O4. The second kappa shape index (κ2) is 9.05. The summed E-state index contributed by atoms with van der Waals surface area (Å²) in [5.41, 5.74) is 3.06. The molecule has 0 aliphatic rings. The van der Waals surface area contributed by atoms with Gasteiger partial charge in [-0.1, -0.05) is 30.3 Å². The van der Waals surface area contributed by atoms with Gasteiger partial charge in [0.2, 0.25) is 11.8 Å². The van der Waals surface area contributed by atoms with E-state index in [1.54, 1.807) is 18.3 Å². The molecule has 6 nitrogen and oxygen atoms in total. The highest BCUT2D eigenvalue weighted by molar-refractivity contribution is 5.77. The molecule has 0 fully saturated rings. The number of benzene rings is 2. The van der Waals surface area contributed by atoms with Gasteiger partial charge in [-0.05, 0) is 48.9 Å². The van der Waals surface area contributed by atoms with Crippen LogP contribution < -0.4 is 9.47 Å². The molecule has 0 unspecified atom stereocenters. The van der Waals surface area contributed by atoms with E-state index in [4.69, 9.17) is 13.9 Å². The van der Waals surface area contributed by atoms with Gasteiger partial charge in [-0.25, -0.2) is 9.97 Å². The molecule has 6 heteroatoms. The van der Waals surface area contributed by atoms with Gasteiger partial charge >= 0.3 is 0 Å². The Labute approximate surface area is 174 Å². The molecule has 30 heavy (non-hydrogen) atoms. The monoisotopic (exact) mass is 400 g/mol. The molecule has 0 aliphatic carbocycles. The molecule has 0 saturated carbocycles. The number of rotatable bonds is 8. The van der Waals surface area contributed by atoms with Crippen molar-refractivity contribution in [1.82, 2.24) is 9.97 Å². The summed E-state index contributed by atoms with van der Waals surface area (Å²) in [4.78, 5) is 19.7. The normalized spacial score (nSPS) is 10.6. The van der Waals surface area contributed by atoms with Crippen molar-refractivity contribution in [3.8, 4) is 23.1 Å². The lowest BCUT2D eigenvalue weighted by Gasteiger charge is -2.08. The summed E-state index contributed by atoms with van der Waals surface area (Å²) in [5, 5.41) is 0. The highest BCUT2D eigenvalue weighted by Crippen LogP contribution is 2.23. The first-order valence-corrected chi connectivity index (χ1v) is 9.49. The molecule has 0 amide bonds. The van der Waals surface area contributed by atoms with Crippen LogP contribution >= 0.6 is 0 Å². The lowest BCUT2D eigenvalue weighted by atomic mass is 10.2. The predicted molar refractivity (Wildman–Crippen MR) is 111 cm³/mol. The minimum Gasteiger partial charge on any atom is -0.487 e. The minimum absolute atomic E-state index is 0.307. The van der Waals surface area contributed by atoms with Gasteiger partial charge in [0.15, 0.2) is 6.29 Å². The molecule has 0 atom stereocenters. The van der Waals surface area contributed by atoms with Crippen LogP contribution in [0.5, 0.6) is 11.6 Å². The first-order valence-electron chi connectivity index (χ1n) is 9.49. The molecule has 4 rings (SSSR count). The number of nitrogens with zero attached hydrogens (tertiary/aromatic N) is 2. The number of aromatic nitrogens is 2. The zero-order valence-corrected chi connectivity index (χ0v) is 16.4. The number of aldehydes is 1. The van der Waals surface area contributed by atoms with Gasteiger partial charge in [-0.3, -0.25) is 4.79 Å². The molecule has 0 radical (unpaired) electrons. The van der Waals surface area contributed by atoms with E-state index in [0.717, 1.165) is 28.9 Å². The van der Waals surface area contributed by atoms with Crippen molar-refractivity contribution in [3.05, 3.63) is 95.5 Å². The maximum atomic E-state index is 11.0. The molecule has 0 saturated heterocycles. The predicted octanol–water partition coefficient (Wildman–Crippen LogP) is 5.02. The number of ether oxygens (including phenoxy) is 2. The van der Waals surface area contributed by atoms with Crippen LogP contribution in [0.2, 0.25) is 0 Å². The molecule has 0 spiro atoms. The first kappa shape index (κ1) is 19.4. The number of pyridine rings is 1. The molecule has 2 heterocycles. The maximum Gasteiger partial charge on any atom is 0.226 e. The van der Waals surface area contributed by atoms with Gasteiger partial charge in [0.25, 0.3) is 0 Å². The summed E-state index contributed by atoms with van der Waals surface area (Å²) in [5.74, 6) is 2.36. The summed E-state index contributed by atoms with van der Waals surface area (Å²) < 4.78 is 17.3. The molecule has 4 aromatic rings. The van der Waals surface area contributed by atoms with E-state index in [1.807, 2.05) is 61.5 Å². The molecule has 2 aromatic heterocycles. The average Bonchev–Trinajstić information content (AvgIpc) is 3.18. The summed E-state index contributed by atoms with van der Waals surface area (Å²) in [7, 11) is 0. The number of hydrogen-bond acceptors (Lipinski definition) is 6. The second-order valence-corrected chi connectivity index (χ2v) is 6.62. The minimum atomic E-state index is 0.307. The van der Waals surface area contributed by atoms with E-state index in [9.17, 15) is 4.79 Å². The molecule has 150 valence electrons. The Bertz CT molecular complexity index is 1120.